The zero-order chi connectivity index (χ0) is 16.9. The SMILES string of the molecule is CN(C)C(=S)S[C@H]1O[C@@H](CO)[C@H](SC(=S)N(C)C)O[C@H]1CO. The van der Waals surface area contributed by atoms with Gasteiger partial charge in [-0.25, -0.2) is 0 Å². The van der Waals surface area contributed by atoms with E-state index in [9.17, 15) is 10.2 Å². The Hall–Kier alpha value is 0.320. The maximum absolute atomic E-state index is 9.54. The van der Waals surface area contributed by atoms with Crippen LogP contribution in [0, 0.1) is 0 Å². The number of thioether (sulfide) groups is 2. The molecule has 6 nitrogen and oxygen atoms in total. The van der Waals surface area contributed by atoms with E-state index in [-0.39, 0.29) is 13.2 Å². The van der Waals surface area contributed by atoms with Gasteiger partial charge < -0.3 is 29.5 Å². The van der Waals surface area contributed by atoms with Gasteiger partial charge >= 0.3 is 0 Å². The average Bonchev–Trinajstić information content (AvgIpc) is 2.47. The topological polar surface area (TPSA) is 65.4 Å². The highest BCUT2D eigenvalue weighted by Gasteiger charge is 2.40. The molecule has 1 fully saturated rings. The summed E-state index contributed by atoms with van der Waals surface area (Å²) in [4.78, 5) is 3.57. The van der Waals surface area contributed by atoms with Crippen LogP contribution in [0.1, 0.15) is 0 Å². The molecule has 1 saturated heterocycles. The number of rotatable bonds is 4. The third-order valence-corrected chi connectivity index (χ3v) is 6.48. The number of hydrogen-bond acceptors (Lipinski definition) is 8. The predicted molar refractivity (Wildman–Crippen MR) is 99.2 cm³/mol. The van der Waals surface area contributed by atoms with Gasteiger partial charge in [0.1, 0.15) is 31.7 Å². The van der Waals surface area contributed by atoms with E-state index in [0.717, 1.165) is 0 Å². The van der Waals surface area contributed by atoms with Gasteiger partial charge in [-0.15, -0.1) is 0 Å². The van der Waals surface area contributed by atoms with Crippen LogP contribution in [0.4, 0.5) is 0 Å². The number of nitrogens with zero attached hydrogens (tertiary/aromatic N) is 2. The van der Waals surface area contributed by atoms with Gasteiger partial charge in [-0.2, -0.15) is 0 Å². The van der Waals surface area contributed by atoms with E-state index in [1.807, 2.05) is 28.2 Å². The summed E-state index contributed by atoms with van der Waals surface area (Å²) in [6.07, 6.45) is -1.07. The van der Waals surface area contributed by atoms with Crippen molar-refractivity contribution in [2.24, 2.45) is 0 Å². The first-order valence-corrected chi connectivity index (χ1v) is 9.16. The van der Waals surface area contributed by atoms with Crippen LogP contribution in [0.15, 0.2) is 0 Å². The molecule has 10 heteroatoms. The number of aliphatic hydroxyl groups is 2. The molecule has 0 aromatic carbocycles. The summed E-state index contributed by atoms with van der Waals surface area (Å²) in [6.45, 7) is -0.394. The minimum absolute atomic E-state index is 0.197. The molecule has 2 N–H and O–H groups in total. The van der Waals surface area contributed by atoms with Crippen LogP contribution < -0.4 is 0 Å². The molecule has 1 aliphatic rings. The molecule has 0 aromatic heterocycles. The van der Waals surface area contributed by atoms with Crippen LogP contribution >= 0.6 is 48.0 Å². The van der Waals surface area contributed by atoms with Crippen LogP contribution in [-0.4, -0.2) is 93.1 Å². The minimum Gasteiger partial charge on any atom is -0.394 e. The largest absolute Gasteiger partial charge is 0.394 e. The molecular formula is C12H22N2O4S4. The monoisotopic (exact) mass is 386 g/mol. The van der Waals surface area contributed by atoms with Crippen molar-refractivity contribution in [2.75, 3.05) is 41.4 Å². The standard InChI is InChI=1S/C12H22N2O4S4/c1-13(2)11(19)21-9-7(5-15)18-10(8(6-16)17-9)22-12(20)14(3)4/h7-10,15-16H,5-6H2,1-4H3/t7-,8-,9-,10+/m0/s1. The maximum Gasteiger partial charge on any atom is 0.139 e. The lowest BCUT2D eigenvalue weighted by atomic mass is 10.3. The second kappa shape index (κ2) is 9.58. The van der Waals surface area contributed by atoms with Crippen LogP contribution in [0.25, 0.3) is 0 Å². The Morgan fingerprint density at radius 1 is 0.864 bits per heavy atom. The first-order valence-electron chi connectivity index (χ1n) is 6.58. The van der Waals surface area contributed by atoms with Crippen LogP contribution in [0.2, 0.25) is 0 Å². The van der Waals surface area contributed by atoms with Gasteiger partial charge in [-0.1, -0.05) is 48.0 Å². The zero-order valence-corrected chi connectivity index (χ0v) is 16.2. The third kappa shape index (κ3) is 5.75. The van der Waals surface area contributed by atoms with Gasteiger partial charge in [0.25, 0.3) is 0 Å². The second-order valence-electron chi connectivity index (χ2n) is 5.01. The summed E-state index contributed by atoms with van der Waals surface area (Å²) in [5.74, 6) is 0. The van der Waals surface area contributed by atoms with Gasteiger partial charge in [0.2, 0.25) is 0 Å². The van der Waals surface area contributed by atoms with Gasteiger partial charge in [0, 0.05) is 28.2 Å². The van der Waals surface area contributed by atoms with Crippen molar-refractivity contribution >= 4 is 56.6 Å². The number of thiocarbonyl (C=S) groups is 2. The van der Waals surface area contributed by atoms with Gasteiger partial charge in [0.05, 0.1) is 13.2 Å². The lowest BCUT2D eigenvalue weighted by Crippen LogP contribution is -2.50. The summed E-state index contributed by atoms with van der Waals surface area (Å²) in [5.41, 5.74) is -0.941. The normalized spacial score (nSPS) is 28.3. The van der Waals surface area contributed by atoms with Crippen molar-refractivity contribution in [1.82, 2.24) is 9.80 Å². The molecule has 1 aliphatic heterocycles. The lowest BCUT2D eigenvalue weighted by Gasteiger charge is -2.40. The van der Waals surface area contributed by atoms with Crippen molar-refractivity contribution in [2.45, 2.75) is 23.1 Å². The zero-order valence-electron chi connectivity index (χ0n) is 13.0. The first-order chi connectivity index (χ1) is 10.3. The van der Waals surface area contributed by atoms with E-state index in [4.69, 9.17) is 33.9 Å². The van der Waals surface area contributed by atoms with E-state index < -0.39 is 23.1 Å². The average molecular weight is 387 g/mol. The molecule has 0 saturated carbocycles. The molecule has 0 aliphatic carbocycles. The van der Waals surface area contributed by atoms with E-state index >= 15 is 0 Å². The van der Waals surface area contributed by atoms with Crippen LogP contribution in [0.5, 0.6) is 0 Å². The Kier molecular flexibility index (Phi) is 8.86. The van der Waals surface area contributed by atoms with Gasteiger partial charge in [-0.05, 0) is 0 Å². The molecule has 22 heavy (non-hydrogen) atoms. The molecule has 128 valence electrons. The van der Waals surface area contributed by atoms with E-state index in [1.165, 1.54) is 23.5 Å². The Bertz CT molecular complexity index is 361. The number of ether oxygens (including phenoxy) is 2. The fraction of sp³-hybridized carbons (Fsp3) is 0.833. The molecule has 1 rings (SSSR count). The number of hydrogen-bond donors (Lipinski definition) is 2. The van der Waals surface area contributed by atoms with Crippen LogP contribution in [0.3, 0.4) is 0 Å². The smallest absolute Gasteiger partial charge is 0.139 e. The molecule has 0 spiro atoms. The summed E-state index contributed by atoms with van der Waals surface area (Å²) in [6, 6.07) is 0. The summed E-state index contributed by atoms with van der Waals surface area (Å²) < 4.78 is 13.0. The third-order valence-electron chi connectivity index (χ3n) is 2.75. The van der Waals surface area contributed by atoms with Crippen LogP contribution in [-0.2, 0) is 9.47 Å². The lowest BCUT2D eigenvalue weighted by molar-refractivity contribution is -0.181. The molecule has 0 amide bonds. The molecule has 4 atom stereocenters. The molecule has 0 aromatic rings. The van der Waals surface area contributed by atoms with Crippen molar-refractivity contribution in [3.8, 4) is 0 Å². The van der Waals surface area contributed by atoms with Crippen molar-refractivity contribution in [1.29, 1.82) is 0 Å². The fourth-order valence-corrected chi connectivity index (χ4v) is 3.91. The molecular weight excluding hydrogens is 364 g/mol. The summed E-state index contributed by atoms with van der Waals surface area (Å²) in [7, 11) is 7.35. The highest BCUT2D eigenvalue weighted by Crippen LogP contribution is 2.34. The highest BCUT2D eigenvalue weighted by atomic mass is 32.2. The summed E-state index contributed by atoms with van der Waals surface area (Å²) in [5, 5.41) is 19.1. The molecule has 0 radical (unpaired) electrons. The Balaban J connectivity index is 2.75. The Labute approximate surface area is 150 Å². The van der Waals surface area contributed by atoms with Crippen molar-refractivity contribution in [3.05, 3.63) is 0 Å². The van der Waals surface area contributed by atoms with Crippen molar-refractivity contribution in [3.63, 3.8) is 0 Å². The van der Waals surface area contributed by atoms with E-state index in [1.54, 1.807) is 9.80 Å². The maximum atomic E-state index is 9.54. The molecule has 1 heterocycles. The molecule has 0 unspecified atom stereocenters. The van der Waals surface area contributed by atoms with Gasteiger partial charge in [-0.3, -0.25) is 0 Å². The summed E-state index contributed by atoms with van der Waals surface area (Å²) >= 11 is 13.1. The molecule has 0 bridgehead atoms. The minimum atomic E-state index is -0.534. The predicted octanol–water partition coefficient (Wildman–Crippen LogP) is 0.567. The van der Waals surface area contributed by atoms with Crippen molar-refractivity contribution < 1.29 is 19.7 Å². The van der Waals surface area contributed by atoms with E-state index in [0.29, 0.717) is 8.64 Å². The quantitative estimate of drug-likeness (QED) is 0.670. The Morgan fingerprint density at radius 2 is 1.18 bits per heavy atom. The Morgan fingerprint density at radius 3 is 1.41 bits per heavy atom. The highest BCUT2D eigenvalue weighted by molar-refractivity contribution is 8.23. The number of aliphatic hydroxyl groups excluding tert-OH is 2. The van der Waals surface area contributed by atoms with E-state index in [2.05, 4.69) is 0 Å². The van der Waals surface area contributed by atoms with Gasteiger partial charge in [0.15, 0.2) is 0 Å². The first kappa shape index (κ1) is 20.4. The second-order valence-corrected chi connectivity index (χ2v) is 8.47. The fourth-order valence-electron chi connectivity index (χ4n) is 1.52.